The van der Waals surface area contributed by atoms with Crippen molar-refractivity contribution in [3.05, 3.63) is 96.4 Å². The third kappa shape index (κ3) is 6.62. The monoisotopic (exact) mass is 711 g/mol. The highest BCUT2D eigenvalue weighted by atomic mass is 127. The van der Waals surface area contributed by atoms with Gasteiger partial charge in [-0.05, 0) is 64.6 Å². The first-order valence-corrected chi connectivity index (χ1v) is 14.6. The van der Waals surface area contributed by atoms with Crippen LogP contribution in [0, 0.1) is 3.57 Å². The van der Waals surface area contributed by atoms with Crippen LogP contribution in [-0.4, -0.2) is 50.4 Å². The van der Waals surface area contributed by atoms with Crippen LogP contribution < -0.4 is 21.8 Å². The Balaban J connectivity index is 1.29. The van der Waals surface area contributed by atoms with Crippen molar-refractivity contribution in [3.63, 3.8) is 0 Å². The number of para-hydroxylation sites is 1. The molecule has 0 spiro atoms. The van der Waals surface area contributed by atoms with E-state index in [2.05, 4.69) is 4.98 Å². The normalized spacial score (nSPS) is 20.9. The summed E-state index contributed by atoms with van der Waals surface area (Å²) in [6, 6.07) is 14.4. The van der Waals surface area contributed by atoms with Gasteiger partial charge in [0, 0.05) is 11.6 Å². The van der Waals surface area contributed by atoms with Crippen molar-refractivity contribution in [2.45, 2.75) is 31.1 Å². The Morgan fingerprint density at radius 1 is 1.17 bits per heavy atom. The minimum absolute atomic E-state index is 0.00207. The van der Waals surface area contributed by atoms with E-state index in [9.17, 15) is 28.9 Å². The van der Waals surface area contributed by atoms with Crippen LogP contribution in [0.5, 0.6) is 5.75 Å². The molecule has 16 heteroatoms. The Morgan fingerprint density at radius 2 is 1.95 bits per heavy atom. The number of carbonyl (C=O) groups is 1. The molecular weight excluding hydrogens is 688 g/mol. The highest BCUT2D eigenvalue weighted by molar-refractivity contribution is 14.1. The highest BCUT2D eigenvalue weighted by Gasteiger charge is 2.46. The molecule has 1 unspecified atom stereocenters. The molecule has 0 radical (unpaired) electrons. The number of esters is 1. The highest BCUT2D eigenvalue weighted by Crippen LogP contribution is 2.35. The predicted molar refractivity (Wildman–Crippen MR) is 155 cm³/mol. The number of halogens is 1. The van der Waals surface area contributed by atoms with E-state index in [1.54, 1.807) is 42.5 Å². The van der Waals surface area contributed by atoms with E-state index in [0.717, 1.165) is 4.57 Å². The van der Waals surface area contributed by atoms with E-state index < -0.39 is 50.1 Å². The largest absolute Gasteiger partial charge is 0.422 e. The van der Waals surface area contributed by atoms with Gasteiger partial charge in [-0.1, -0.05) is 18.2 Å². The Labute approximate surface area is 250 Å². The van der Waals surface area contributed by atoms with Crippen LogP contribution in [0.3, 0.4) is 0 Å². The maximum atomic E-state index is 12.7. The second kappa shape index (κ2) is 12.8. The molecule has 0 saturated carbocycles. The number of nitrogens with two attached hydrogens (primary N) is 1. The zero-order valence-corrected chi connectivity index (χ0v) is 24.6. The minimum atomic E-state index is -3.48. The van der Waals surface area contributed by atoms with Crippen LogP contribution in [0.1, 0.15) is 22.1 Å². The summed E-state index contributed by atoms with van der Waals surface area (Å²) in [5, 5.41) is 11.2. The van der Waals surface area contributed by atoms with Crippen molar-refractivity contribution in [1.82, 2.24) is 9.55 Å². The van der Waals surface area contributed by atoms with Crippen LogP contribution in [-0.2, 0) is 25.2 Å². The molecule has 5 rings (SSSR count). The van der Waals surface area contributed by atoms with E-state index in [-0.39, 0.29) is 30.2 Å². The van der Waals surface area contributed by atoms with Crippen molar-refractivity contribution in [2.75, 3.05) is 12.3 Å². The van der Waals surface area contributed by atoms with Gasteiger partial charge in [-0.15, -0.1) is 0 Å². The zero-order valence-electron chi connectivity index (χ0n) is 21.4. The SMILES string of the molecule is Nc1ccn([C@@H]2O[C@H](COCc3ccc4oc(=O)c(C(=O)Oc5ccccc5I)cc4c3)[C@@H](O[PH](=O)O)[C@H]2O)c(=O)n1. The molecule has 1 aliphatic rings. The van der Waals surface area contributed by atoms with E-state index in [4.69, 9.17) is 28.9 Å². The number of nitrogen functional groups attached to an aromatic ring is 1. The number of fused-ring (bicyclic) bond motifs is 1. The van der Waals surface area contributed by atoms with Crippen LogP contribution in [0.4, 0.5) is 5.82 Å². The predicted octanol–water partition coefficient (Wildman–Crippen LogP) is 2.00. The molecule has 5 atom stereocenters. The summed E-state index contributed by atoms with van der Waals surface area (Å²) >= 11 is 2.01. The van der Waals surface area contributed by atoms with E-state index in [1.165, 1.54) is 18.3 Å². The number of rotatable bonds is 9. The molecule has 0 bridgehead atoms. The van der Waals surface area contributed by atoms with Gasteiger partial charge in [0.25, 0.3) is 0 Å². The first-order chi connectivity index (χ1) is 20.1. The Kier molecular flexibility index (Phi) is 9.17. The number of aromatic nitrogens is 2. The fourth-order valence-electron chi connectivity index (χ4n) is 4.35. The molecule has 1 fully saturated rings. The molecule has 4 N–H and O–H groups in total. The zero-order chi connectivity index (χ0) is 30.0. The molecule has 2 aromatic heterocycles. The lowest BCUT2D eigenvalue weighted by molar-refractivity contribution is -0.0697. The van der Waals surface area contributed by atoms with Gasteiger partial charge in [0.1, 0.15) is 41.0 Å². The molecule has 0 amide bonds. The van der Waals surface area contributed by atoms with Crippen LogP contribution in [0.2, 0.25) is 0 Å². The molecule has 4 aromatic rings. The summed E-state index contributed by atoms with van der Waals surface area (Å²) in [4.78, 5) is 50.3. The van der Waals surface area contributed by atoms with Crippen molar-refractivity contribution >= 4 is 53.6 Å². The Hall–Kier alpha value is -3.44. The summed E-state index contributed by atoms with van der Waals surface area (Å²) in [7, 11) is -3.48. The number of anilines is 1. The molecule has 14 nitrogen and oxygen atoms in total. The number of hydrogen-bond acceptors (Lipinski definition) is 12. The fourth-order valence-corrected chi connectivity index (χ4v) is 5.37. The summed E-state index contributed by atoms with van der Waals surface area (Å²) < 4.78 is 40.3. The second-order valence-corrected chi connectivity index (χ2v) is 11.0. The van der Waals surface area contributed by atoms with Gasteiger partial charge in [-0.2, -0.15) is 4.98 Å². The number of carbonyl (C=O) groups excluding carboxylic acids is 1. The van der Waals surface area contributed by atoms with Gasteiger partial charge in [-0.25, -0.2) is 14.4 Å². The van der Waals surface area contributed by atoms with Crippen LogP contribution >= 0.6 is 30.8 Å². The average Bonchev–Trinajstić information content (AvgIpc) is 3.23. The number of nitrogens with zero attached hydrogens (tertiary/aromatic N) is 2. The molecule has 1 saturated heterocycles. The van der Waals surface area contributed by atoms with Gasteiger partial charge < -0.3 is 38.9 Å². The van der Waals surface area contributed by atoms with Crippen LogP contribution in [0.25, 0.3) is 11.0 Å². The molecule has 2 aromatic carbocycles. The second-order valence-electron chi connectivity index (χ2n) is 9.10. The molecule has 42 heavy (non-hydrogen) atoms. The van der Waals surface area contributed by atoms with Crippen molar-refractivity contribution < 1.29 is 42.5 Å². The molecule has 3 heterocycles. The molecule has 1 aliphatic heterocycles. The summed E-state index contributed by atoms with van der Waals surface area (Å²) in [6.45, 7) is -0.193. The number of aliphatic hydroxyl groups is 1. The third-order valence-corrected chi connectivity index (χ3v) is 7.64. The standard InChI is InChI=1S/C26H23IN3O11P/c27-16-3-1-2-4-18(16)40-25(33)15-10-14-9-13(5-6-17(14)39-24(15)32)11-37-12-19-22(41-42(35)36)21(31)23(38-19)30-8-7-20(28)29-26(30)34/h1-10,19,21-23,31,42H,11-12H2,(H,35,36)(H2,28,29,34)/t19-,21-,22-,23-/m1/s1. The van der Waals surface area contributed by atoms with Gasteiger partial charge in [0.2, 0.25) is 0 Å². The van der Waals surface area contributed by atoms with Crippen LogP contribution in [0.15, 0.2) is 74.8 Å². The molecular formula is C26H23IN3O11P. The third-order valence-electron chi connectivity index (χ3n) is 6.28. The Bertz CT molecular complexity index is 1780. The lowest BCUT2D eigenvalue weighted by Crippen LogP contribution is -2.37. The van der Waals surface area contributed by atoms with Crippen molar-refractivity contribution in [1.29, 1.82) is 0 Å². The van der Waals surface area contributed by atoms with Crippen molar-refractivity contribution in [2.24, 2.45) is 0 Å². The molecule has 0 aliphatic carbocycles. The number of benzene rings is 2. The Morgan fingerprint density at radius 3 is 2.69 bits per heavy atom. The first kappa shape index (κ1) is 30.0. The van der Waals surface area contributed by atoms with E-state index >= 15 is 0 Å². The number of ether oxygens (including phenoxy) is 3. The molecule has 220 valence electrons. The average molecular weight is 711 g/mol. The topological polar surface area (TPSA) is 203 Å². The van der Waals surface area contributed by atoms with Gasteiger partial charge in [0.05, 0.1) is 16.8 Å². The quantitative estimate of drug-likeness (QED) is 0.0749. The lowest BCUT2D eigenvalue weighted by Gasteiger charge is -2.19. The van der Waals surface area contributed by atoms with Gasteiger partial charge in [0.15, 0.2) is 6.23 Å². The first-order valence-electron chi connectivity index (χ1n) is 12.3. The van der Waals surface area contributed by atoms with Gasteiger partial charge >= 0.3 is 25.5 Å². The summed E-state index contributed by atoms with van der Waals surface area (Å²) in [5.41, 5.74) is 4.45. The minimum Gasteiger partial charge on any atom is -0.422 e. The summed E-state index contributed by atoms with van der Waals surface area (Å²) in [6.07, 6.45) is -3.81. The fraction of sp³-hybridized carbons (Fsp3) is 0.231. The van der Waals surface area contributed by atoms with E-state index in [0.29, 0.717) is 20.3 Å². The van der Waals surface area contributed by atoms with Crippen molar-refractivity contribution in [3.8, 4) is 5.75 Å². The van der Waals surface area contributed by atoms with Gasteiger partial charge in [-0.3, -0.25) is 9.13 Å². The maximum Gasteiger partial charge on any atom is 0.351 e. The number of hydrogen-bond donors (Lipinski definition) is 3. The maximum absolute atomic E-state index is 12.7. The van der Waals surface area contributed by atoms with E-state index in [1.807, 2.05) is 22.6 Å². The smallest absolute Gasteiger partial charge is 0.351 e. The number of aliphatic hydroxyl groups excluding tert-OH is 1. The lowest BCUT2D eigenvalue weighted by atomic mass is 10.1. The summed E-state index contributed by atoms with van der Waals surface area (Å²) in [5.74, 6) is -0.591.